The standard InChI is InChI=1S/C26H26N2O2/c1-19(21-12-6-3-7-13-21)27-25(29)23-16-17-28(26(23)30)24-15-9-8-14-22(24)18-20-10-4-2-5-11-20/h2-15,19,23H,16-18H2,1H3,(H,27,29)/t19-,23+/m1/s1. The molecule has 1 aliphatic rings. The monoisotopic (exact) mass is 398 g/mol. The molecular formula is C26H26N2O2. The average Bonchev–Trinajstić information content (AvgIpc) is 3.16. The summed E-state index contributed by atoms with van der Waals surface area (Å²) in [5, 5.41) is 3.01. The number of hydrogen-bond acceptors (Lipinski definition) is 2. The van der Waals surface area contributed by atoms with Gasteiger partial charge in [0.2, 0.25) is 11.8 Å². The molecule has 4 heteroatoms. The summed E-state index contributed by atoms with van der Waals surface area (Å²) in [5.41, 5.74) is 4.22. The lowest BCUT2D eigenvalue weighted by atomic mass is 10.0. The number of hydrogen-bond donors (Lipinski definition) is 1. The van der Waals surface area contributed by atoms with Gasteiger partial charge in [-0.25, -0.2) is 0 Å². The van der Waals surface area contributed by atoms with Crippen LogP contribution in [0.3, 0.4) is 0 Å². The van der Waals surface area contributed by atoms with Crippen molar-refractivity contribution < 1.29 is 9.59 Å². The SMILES string of the molecule is C[C@@H](NC(=O)[C@@H]1CCN(c2ccccc2Cc2ccccc2)C1=O)c1ccccc1. The second-order valence-corrected chi connectivity index (χ2v) is 7.76. The second-order valence-electron chi connectivity index (χ2n) is 7.76. The van der Waals surface area contributed by atoms with E-state index in [0.717, 1.165) is 23.2 Å². The van der Waals surface area contributed by atoms with Gasteiger partial charge in [-0.2, -0.15) is 0 Å². The number of nitrogens with zero attached hydrogens (tertiary/aromatic N) is 1. The minimum atomic E-state index is -0.638. The van der Waals surface area contributed by atoms with Crippen molar-refractivity contribution in [3.8, 4) is 0 Å². The van der Waals surface area contributed by atoms with E-state index in [1.807, 2.05) is 73.7 Å². The first-order valence-corrected chi connectivity index (χ1v) is 10.4. The number of carbonyl (C=O) groups is 2. The van der Waals surface area contributed by atoms with Gasteiger partial charge in [-0.15, -0.1) is 0 Å². The van der Waals surface area contributed by atoms with Gasteiger partial charge in [0.25, 0.3) is 0 Å². The summed E-state index contributed by atoms with van der Waals surface area (Å²) in [6, 6.07) is 27.9. The molecule has 0 aliphatic carbocycles. The minimum absolute atomic E-state index is 0.117. The number of anilines is 1. The number of nitrogens with one attached hydrogen (secondary N) is 1. The van der Waals surface area contributed by atoms with Crippen molar-refractivity contribution in [1.29, 1.82) is 0 Å². The Balaban J connectivity index is 1.48. The molecule has 1 fully saturated rings. The van der Waals surface area contributed by atoms with E-state index in [2.05, 4.69) is 23.5 Å². The fourth-order valence-electron chi connectivity index (χ4n) is 4.04. The van der Waals surface area contributed by atoms with Crippen LogP contribution in [0.15, 0.2) is 84.9 Å². The smallest absolute Gasteiger partial charge is 0.239 e. The first-order chi connectivity index (χ1) is 14.6. The van der Waals surface area contributed by atoms with Gasteiger partial charge in [-0.3, -0.25) is 9.59 Å². The zero-order chi connectivity index (χ0) is 20.9. The first kappa shape index (κ1) is 19.9. The minimum Gasteiger partial charge on any atom is -0.349 e. The van der Waals surface area contributed by atoms with Crippen LogP contribution in [0.1, 0.15) is 36.1 Å². The average molecular weight is 399 g/mol. The molecule has 0 saturated carbocycles. The molecule has 4 rings (SSSR count). The van der Waals surface area contributed by atoms with E-state index >= 15 is 0 Å². The van der Waals surface area contributed by atoms with Crippen LogP contribution >= 0.6 is 0 Å². The van der Waals surface area contributed by atoms with Crippen LogP contribution in [-0.2, 0) is 16.0 Å². The van der Waals surface area contributed by atoms with Gasteiger partial charge in [0.15, 0.2) is 0 Å². The molecule has 0 unspecified atom stereocenters. The van der Waals surface area contributed by atoms with Crippen molar-refractivity contribution in [1.82, 2.24) is 5.32 Å². The van der Waals surface area contributed by atoms with E-state index in [9.17, 15) is 9.59 Å². The Morgan fingerprint density at radius 1 is 0.967 bits per heavy atom. The van der Waals surface area contributed by atoms with Gasteiger partial charge in [0.1, 0.15) is 5.92 Å². The Kier molecular flexibility index (Phi) is 5.94. The lowest BCUT2D eigenvalue weighted by Gasteiger charge is -2.21. The summed E-state index contributed by atoms with van der Waals surface area (Å²) >= 11 is 0. The van der Waals surface area contributed by atoms with Crippen LogP contribution in [0.4, 0.5) is 5.69 Å². The molecule has 0 radical (unpaired) electrons. The summed E-state index contributed by atoms with van der Waals surface area (Å²) in [6.07, 6.45) is 1.29. The number of para-hydroxylation sites is 1. The number of amides is 2. The van der Waals surface area contributed by atoms with Gasteiger partial charge < -0.3 is 10.2 Å². The third-order valence-corrected chi connectivity index (χ3v) is 5.70. The maximum Gasteiger partial charge on any atom is 0.239 e. The van der Waals surface area contributed by atoms with Crippen molar-refractivity contribution in [2.24, 2.45) is 5.92 Å². The fourth-order valence-corrected chi connectivity index (χ4v) is 4.04. The van der Waals surface area contributed by atoms with Gasteiger partial charge in [-0.05, 0) is 42.5 Å². The van der Waals surface area contributed by atoms with E-state index in [1.54, 1.807) is 4.90 Å². The first-order valence-electron chi connectivity index (χ1n) is 10.4. The summed E-state index contributed by atoms with van der Waals surface area (Å²) < 4.78 is 0. The van der Waals surface area contributed by atoms with Crippen molar-refractivity contribution in [2.75, 3.05) is 11.4 Å². The van der Waals surface area contributed by atoms with Crippen LogP contribution in [0, 0.1) is 5.92 Å². The number of rotatable bonds is 6. The normalized spacial score (nSPS) is 17.0. The summed E-state index contributed by atoms with van der Waals surface area (Å²) in [6.45, 7) is 2.50. The van der Waals surface area contributed by atoms with E-state index < -0.39 is 5.92 Å². The Labute approximate surface area is 177 Å². The Morgan fingerprint density at radius 2 is 1.60 bits per heavy atom. The Hall–Kier alpha value is -3.40. The molecule has 1 heterocycles. The molecule has 0 aromatic heterocycles. The molecular weight excluding hydrogens is 372 g/mol. The van der Waals surface area contributed by atoms with E-state index in [4.69, 9.17) is 0 Å². The van der Waals surface area contributed by atoms with Crippen molar-refractivity contribution >= 4 is 17.5 Å². The molecule has 2 amide bonds. The topological polar surface area (TPSA) is 49.4 Å². The third-order valence-electron chi connectivity index (χ3n) is 5.70. The summed E-state index contributed by atoms with van der Waals surface area (Å²) in [7, 11) is 0. The quantitative estimate of drug-likeness (QED) is 0.621. The predicted octanol–water partition coefficient (Wildman–Crippen LogP) is 4.51. The molecule has 3 aromatic rings. The van der Waals surface area contributed by atoms with Crippen molar-refractivity contribution in [3.63, 3.8) is 0 Å². The number of benzene rings is 3. The molecule has 30 heavy (non-hydrogen) atoms. The molecule has 0 bridgehead atoms. The highest BCUT2D eigenvalue weighted by Gasteiger charge is 2.38. The van der Waals surface area contributed by atoms with E-state index in [1.165, 1.54) is 5.56 Å². The van der Waals surface area contributed by atoms with Crippen LogP contribution in [0.25, 0.3) is 0 Å². The lowest BCUT2D eigenvalue weighted by molar-refractivity contribution is -0.132. The predicted molar refractivity (Wildman–Crippen MR) is 119 cm³/mol. The van der Waals surface area contributed by atoms with Crippen molar-refractivity contribution in [2.45, 2.75) is 25.8 Å². The molecule has 152 valence electrons. The second kappa shape index (κ2) is 8.95. The highest BCUT2D eigenvalue weighted by Crippen LogP contribution is 2.30. The molecule has 1 saturated heterocycles. The van der Waals surface area contributed by atoms with E-state index in [-0.39, 0.29) is 17.9 Å². The van der Waals surface area contributed by atoms with Gasteiger partial charge in [0.05, 0.1) is 6.04 Å². The fraction of sp³-hybridized carbons (Fsp3) is 0.231. The molecule has 0 spiro atoms. The lowest BCUT2D eigenvalue weighted by Crippen LogP contribution is -2.38. The van der Waals surface area contributed by atoms with Gasteiger partial charge in [-0.1, -0.05) is 78.9 Å². The Bertz CT molecular complexity index is 1020. The zero-order valence-electron chi connectivity index (χ0n) is 17.1. The molecule has 4 nitrogen and oxygen atoms in total. The maximum atomic E-state index is 13.1. The van der Waals surface area contributed by atoms with E-state index in [0.29, 0.717) is 13.0 Å². The van der Waals surface area contributed by atoms with Gasteiger partial charge >= 0.3 is 0 Å². The van der Waals surface area contributed by atoms with Crippen LogP contribution in [0.5, 0.6) is 0 Å². The zero-order valence-corrected chi connectivity index (χ0v) is 17.1. The van der Waals surface area contributed by atoms with Gasteiger partial charge in [0, 0.05) is 12.2 Å². The molecule has 1 N–H and O–H groups in total. The van der Waals surface area contributed by atoms with Crippen LogP contribution in [-0.4, -0.2) is 18.4 Å². The molecule has 2 atom stereocenters. The Morgan fingerprint density at radius 3 is 2.33 bits per heavy atom. The summed E-state index contributed by atoms with van der Waals surface area (Å²) in [4.78, 5) is 27.7. The third kappa shape index (κ3) is 4.28. The maximum absolute atomic E-state index is 13.1. The summed E-state index contributed by atoms with van der Waals surface area (Å²) in [5.74, 6) is -0.950. The highest BCUT2D eigenvalue weighted by atomic mass is 16.2. The van der Waals surface area contributed by atoms with Crippen molar-refractivity contribution in [3.05, 3.63) is 102 Å². The van der Waals surface area contributed by atoms with Crippen LogP contribution in [0.2, 0.25) is 0 Å². The molecule has 1 aliphatic heterocycles. The molecule has 3 aromatic carbocycles. The highest BCUT2D eigenvalue weighted by molar-refractivity contribution is 6.10. The largest absolute Gasteiger partial charge is 0.349 e. The van der Waals surface area contributed by atoms with Crippen LogP contribution < -0.4 is 10.2 Å². The number of carbonyl (C=O) groups excluding carboxylic acids is 2.